The van der Waals surface area contributed by atoms with Gasteiger partial charge >= 0.3 is 0 Å². The summed E-state index contributed by atoms with van der Waals surface area (Å²) in [6, 6.07) is 24.8. The standard InChI is InChI=1S/C33H33N3O5S/c1-6-30(32(37)35-25-15-11-12-16-27(25)41-7-2)42-33-24(20-34)23(19-26(36-33)21-13-9-8-10-14-21)22-17-28(38-3)31(40-5)29(18-22)39-4/h8-19,30H,6-7H2,1-5H3,(H,35,37). The van der Waals surface area contributed by atoms with Gasteiger partial charge in [0.1, 0.15) is 16.8 Å². The zero-order valence-electron chi connectivity index (χ0n) is 24.3. The van der Waals surface area contributed by atoms with Gasteiger partial charge in [-0.3, -0.25) is 4.79 Å². The molecule has 0 saturated heterocycles. The Morgan fingerprint density at radius 2 is 1.57 bits per heavy atom. The summed E-state index contributed by atoms with van der Waals surface area (Å²) in [6.07, 6.45) is 0.509. The largest absolute Gasteiger partial charge is 0.493 e. The van der Waals surface area contributed by atoms with E-state index in [2.05, 4.69) is 11.4 Å². The number of nitriles is 1. The average Bonchev–Trinajstić information content (AvgIpc) is 3.03. The number of para-hydroxylation sites is 2. The first-order chi connectivity index (χ1) is 20.5. The van der Waals surface area contributed by atoms with E-state index in [4.69, 9.17) is 23.9 Å². The number of ether oxygens (including phenoxy) is 4. The van der Waals surface area contributed by atoms with Crippen molar-refractivity contribution in [3.8, 4) is 51.5 Å². The summed E-state index contributed by atoms with van der Waals surface area (Å²) in [6.45, 7) is 4.30. The molecule has 1 aromatic heterocycles. The summed E-state index contributed by atoms with van der Waals surface area (Å²) >= 11 is 1.26. The highest BCUT2D eigenvalue weighted by molar-refractivity contribution is 8.00. The maximum atomic E-state index is 13.5. The van der Waals surface area contributed by atoms with Crippen molar-refractivity contribution in [2.75, 3.05) is 33.3 Å². The first kappa shape index (κ1) is 30.3. The van der Waals surface area contributed by atoms with Crippen LogP contribution in [-0.2, 0) is 4.79 Å². The van der Waals surface area contributed by atoms with E-state index >= 15 is 0 Å². The lowest BCUT2D eigenvalue weighted by atomic mass is 9.98. The number of carbonyl (C=O) groups is 1. The number of pyridine rings is 1. The molecule has 3 aromatic carbocycles. The normalized spacial score (nSPS) is 11.2. The van der Waals surface area contributed by atoms with Gasteiger partial charge in [-0.05, 0) is 49.2 Å². The first-order valence-electron chi connectivity index (χ1n) is 13.5. The zero-order chi connectivity index (χ0) is 30.1. The highest BCUT2D eigenvalue weighted by Gasteiger charge is 2.25. The Balaban J connectivity index is 1.82. The van der Waals surface area contributed by atoms with E-state index in [1.54, 1.807) is 32.4 Å². The molecule has 0 fully saturated rings. The highest BCUT2D eigenvalue weighted by atomic mass is 32.2. The number of carbonyl (C=O) groups excluding carboxylic acids is 1. The number of methoxy groups -OCH3 is 3. The second kappa shape index (κ2) is 14.3. The molecule has 0 bridgehead atoms. The third kappa shape index (κ3) is 6.61. The molecule has 9 heteroatoms. The van der Waals surface area contributed by atoms with Gasteiger partial charge in [-0.2, -0.15) is 5.26 Å². The molecule has 42 heavy (non-hydrogen) atoms. The maximum absolute atomic E-state index is 13.5. The minimum Gasteiger partial charge on any atom is -0.493 e. The van der Waals surface area contributed by atoms with Crippen molar-refractivity contribution in [1.29, 1.82) is 5.26 Å². The van der Waals surface area contributed by atoms with Crippen LogP contribution in [0.1, 0.15) is 25.8 Å². The Morgan fingerprint density at radius 3 is 2.17 bits per heavy atom. The van der Waals surface area contributed by atoms with Gasteiger partial charge in [0.05, 0.1) is 50.1 Å². The van der Waals surface area contributed by atoms with Crippen LogP contribution >= 0.6 is 11.8 Å². The molecule has 4 aromatic rings. The number of anilines is 1. The van der Waals surface area contributed by atoms with Gasteiger partial charge < -0.3 is 24.3 Å². The highest BCUT2D eigenvalue weighted by Crippen LogP contribution is 2.44. The summed E-state index contributed by atoms with van der Waals surface area (Å²) in [5, 5.41) is 13.3. The molecule has 1 unspecified atom stereocenters. The number of thioether (sulfide) groups is 1. The quantitative estimate of drug-likeness (QED) is 0.174. The van der Waals surface area contributed by atoms with Crippen LogP contribution in [0.5, 0.6) is 23.0 Å². The van der Waals surface area contributed by atoms with Crippen LogP contribution in [-0.4, -0.2) is 44.1 Å². The molecule has 4 rings (SSSR count). The minimum absolute atomic E-state index is 0.209. The van der Waals surface area contributed by atoms with Crippen molar-refractivity contribution in [3.05, 3.63) is 78.4 Å². The van der Waals surface area contributed by atoms with Crippen LogP contribution in [0.4, 0.5) is 5.69 Å². The van der Waals surface area contributed by atoms with Crippen molar-refractivity contribution < 1.29 is 23.7 Å². The molecule has 0 spiro atoms. The number of nitrogens with zero attached hydrogens (tertiary/aromatic N) is 2. The second-order valence-corrected chi connectivity index (χ2v) is 10.3. The molecule has 1 amide bonds. The monoisotopic (exact) mass is 583 g/mol. The minimum atomic E-state index is -0.530. The number of nitrogens with one attached hydrogen (secondary N) is 1. The van der Waals surface area contributed by atoms with E-state index in [1.165, 1.54) is 18.9 Å². The molecule has 216 valence electrons. The second-order valence-electron chi connectivity index (χ2n) is 9.06. The molecule has 1 N–H and O–H groups in total. The average molecular weight is 584 g/mol. The molecule has 0 aliphatic rings. The van der Waals surface area contributed by atoms with E-state index in [0.717, 1.165) is 5.56 Å². The van der Waals surface area contributed by atoms with Crippen LogP contribution < -0.4 is 24.3 Å². The SMILES string of the molecule is CCOc1ccccc1NC(=O)C(CC)Sc1nc(-c2ccccc2)cc(-c2cc(OC)c(OC)c(OC)c2)c1C#N. The Morgan fingerprint density at radius 1 is 0.905 bits per heavy atom. The van der Waals surface area contributed by atoms with Crippen molar-refractivity contribution >= 4 is 23.4 Å². The third-order valence-electron chi connectivity index (χ3n) is 6.51. The number of rotatable bonds is 12. The smallest absolute Gasteiger partial charge is 0.238 e. The molecular formula is C33H33N3O5S. The summed E-state index contributed by atoms with van der Waals surface area (Å²) in [5.74, 6) is 1.76. The van der Waals surface area contributed by atoms with Gasteiger partial charge in [-0.15, -0.1) is 0 Å². The molecular weight excluding hydrogens is 550 g/mol. The predicted molar refractivity (Wildman–Crippen MR) is 166 cm³/mol. The topological polar surface area (TPSA) is 103 Å². The number of aromatic nitrogens is 1. The summed E-state index contributed by atoms with van der Waals surface area (Å²) in [5.41, 5.74) is 3.79. The van der Waals surface area contributed by atoms with Crippen molar-refractivity contribution in [2.45, 2.75) is 30.5 Å². The molecule has 1 atom stereocenters. The summed E-state index contributed by atoms with van der Waals surface area (Å²) < 4.78 is 22.4. The fourth-order valence-electron chi connectivity index (χ4n) is 4.46. The maximum Gasteiger partial charge on any atom is 0.238 e. The number of amides is 1. The summed E-state index contributed by atoms with van der Waals surface area (Å²) in [7, 11) is 4.63. The van der Waals surface area contributed by atoms with Gasteiger partial charge in [0, 0.05) is 11.1 Å². The zero-order valence-corrected chi connectivity index (χ0v) is 25.1. The fraction of sp³-hybridized carbons (Fsp3) is 0.242. The molecule has 1 heterocycles. The van der Waals surface area contributed by atoms with Gasteiger partial charge in [-0.1, -0.05) is 61.2 Å². The van der Waals surface area contributed by atoms with Crippen molar-refractivity contribution in [3.63, 3.8) is 0 Å². The lowest BCUT2D eigenvalue weighted by Gasteiger charge is -2.19. The third-order valence-corrected chi connectivity index (χ3v) is 7.86. The van der Waals surface area contributed by atoms with Crippen LogP contribution in [0.15, 0.2) is 77.8 Å². The van der Waals surface area contributed by atoms with Gasteiger partial charge in [0.2, 0.25) is 11.7 Å². The van der Waals surface area contributed by atoms with E-state index in [9.17, 15) is 10.1 Å². The van der Waals surface area contributed by atoms with Crippen molar-refractivity contribution in [1.82, 2.24) is 4.98 Å². The van der Waals surface area contributed by atoms with E-state index in [1.807, 2.05) is 68.4 Å². The number of benzene rings is 3. The van der Waals surface area contributed by atoms with Crippen molar-refractivity contribution in [2.24, 2.45) is 0 Å². The number of hydrogen-bond donors (Lipinski definition) is 1. The van der Waals surface area contributed by atoms with Gasteiger partial charge in [0.15, 0.2) is 11.5 Å². The van der Waals surface area contributed by atoms with E-state index in [-0.39, 0.29) is 5.91 Å². The number of hydrogen-bond acceptors (Lipinski definition) is 8. The Bertz CT molecular complexity index is 1560. The molecule has 0 aliphatic carbocycles. The summed E-state index contributed by atoms with van der Waals surface area (Å²) in [4.78, 5) is 18.4. The van der Waals surface area contributed by atoms with Crippen LogP contribution in [0.3, 0.4) is 0 Å². The van der Waals surface area contributed by atoms with Gasteiger partial charge in [0.25, 0.3) is 0 Å². The Labute approximate surface area is 250 Å². The Hall–Kier alpha value is -4.68. The first-order valence-corrected chi connectivity index (χ1v) is 14.4. The van der Waals surface area contributed by atoms with Crippen LogP contribution in [0, 0.1) is 11.3 Å². The molecule has 0 aliphatic heterocycles. The van der Waals surface area contributed by atoms with Crippen LogP contribution in [0.2, 0.25) is 0 Å². The Kier molecular flexibility index (Phi) is 10.3. The molecule has 8 nitrogen and oxygen atoms in total. The lowest BCUT2D eigenvalue weighted by Crippen LogP contribution is -2.25. The fourth-order valence-corrected chi connectivity index (χ4v) is 5.48. The molecule has 0 saturated carbocycles. The van der Waals surface area contributed by atoms with Crippen LogP contribution in [0.25, 0.3) is 22.4 Å². The van der Waals surface area contributed by atoms with E-state index in [0.29, 0.717) is 69.1 Å². The molecule has 0 radical (unpaired) electrons. The van der Waals surface area contributed by atoms with Gasteiger partial charge in [-0.25, -0.2) is 4.98 Å². The predicted octanol–water partition coefficient (Wildman–Crippen LogP) is 7.22. The van der Waals surface area contributed by atoms with E-state index < -0.39 is 5.25 Å². The lowest BCUT2D eigenvalue weighted by molar-refractivity contribution is -0.115.